The van der Waals surface area contributed by atoms with Gasteiger partial charge >= 0.3 is 5.97 Å². The zero-order valence-electron chi connectivity index (χ0n) is 7.98. The van der Waals surface area contributed by atoms with Crippen LogP contribution in [0, 0.1) is 6.61 Å². The second-order valence-electron chi connectivity index (χ2n) is 2.66. The van der Waals surface area contributed by atoms with Crippen molar-refractivity contribution in [1.29, 1.82) is 0 Å². The maximum absolute atomic E-state index is 10.7. The Morgan fingerprint density at radius 2 is 2.21 bits per heavy atom. The number of carbonyl (C=O) groups is 1. The molecule has 0 fully saturated rings. The Kier molecular flexibility index (Phi) is 3.98. The normalized spacial score (nSPS) is 9.93. The number of thioether (sulfide) groups is 1. The minimum atomic E-state index is -0.368. The van der Waals surface area contributed by atoms with Crippen LogP contribution in [0.4, 0.5) is 0 Å². The molecule has 0 aromatic heterocycles. The number of carbonyl (C=O) groups excluding carboxylic acids is 1. The van der Waals surface area contributed by atoms with Gasteiger partial charge in [-0.3, -0.25) is 4.79 Å². The van der Waals surface area contributed by atoms with Gasteiger partial charge in [0.2, 0.25) is 0 Å². The van der Waals surface area contributed by atoms with Crippen LogP contribution >= 0.6 is 11.8 Å². The highest BCUT2D eigenvalue weighted by atomic mass is 32.2. The smallest absolute Gasteiger partial charge is 0.308 e. The lowest BCUT2D eigenvalue weighted by molar-refractivity contribution is -0.131. The van der Waals surface area contributed by atoms with E-state index in [1.807, 2.05) is 6.26 Å². The van der Waals surface area contributed by atoms with Gasteiger partial charge in [0, 0.05) is 11.8 Å². The van der Waals surface area contributed by atoms with Crippen molar-refractivity contribution in [1.82, 2.24) is 0 Å². The van der Waals surface area contributed by atoms with Gasteiger partial charge in [-0.1, -0.05) is 0 Å². The molecule has 0 heterocycles. The van der Waals surface area contributed by atoms with Gasteiger partial charge in [0.15, 0.2) is 0 Å². The lowest BCUT2D eigenvalue weighted by Gasteiger charge is -2.05. The molecule has 0 atom stereocenters. The molecule has 4 heteroatoms. The molecule has 0 aliphatic carbocycles. The van der Waals surface area contributed by atoms with E-state index in [-0.39, 0.29) is 5.97 Å². The molecule has 75 valence electrons. The zero-order valence-corrected chi connectivity index (χ0v) is 8.80. The summed E-state index contributed by atoms with van der Waals surface area (Å²) in [5, 5.41) is 8.84. The minimum absolute atomic E-state index is 0.368. The first-order valence-electron chi connectivity index (χ1n) is 4.00. The first-order chi connectivity index (χ1) is 6.65. The van der Waals surface area contributed by atoms with Gasteiger partial charge in [-0.15, -0.1) is 11.8 Å². The molecule has 1 N–H and O–H groups in total. The first kappa shape index (κ1) is 11.1. The third kappa shape index (κ3) is 3.05. The van der Waals surface area contributed by atoms with Crippen molar-refractivity contribution in [3.8, 4) is 5.75 Å². The highest BCUT2D eigenvalue weighted by Gasteiger charge is 2.03. The van der Waals surface area contributed by atoms with Crippen molar-refractivity contribution < 1.29 is 14.6 Å². The molecule has 14 heavy (non-hydrogen) atoms. The molecule has 0 unspecified atom stereocenters. The van der Waals surface area contributed by atoms with Gasteiger partial charge in [-0.2, -0.15) is 0 Å². The van der Waals surface area contributed by atoms with Gasteiger partial charge in [-0.25, -0.2) is 0 Å². The maximum atomic E-state index is 10.7. The molecule has 0 saturated heterocycles. The van der Waals surface area contributed by atoms with Crippen molar-refractivity contribution in [3.05, 3.63) is 30.4 Å². The Labute approximate surface area is 87.1 Å². The topological polar surface area (TPSA) is 46.5 Å². The largest absolute Gasteiger partial charge is 0.427 e. The third-order valence-electron chi connectivity index (χ3n) is 1.55. The second kappa shape index (κ2) is 5.02. The molecular formula is C10H11O3S. The monoisotopic (exact) mass is 211 g/mol. The van der Waals surface area contributed by atoms with E-state index >= 15 is 0 Å². The molecule has 0 spiro atoms. The predicted molar refractivity (Wildman–Crippen MR) is 54.9 cm³/mol. The number of ether oxygens (including phenoxy) is 1. The van der Waals surface area contributed by atoms with Gasteiger partial charge in [-0.05, 0) is 30.0 Å². The molecule has 0 aliphatic heterocycles. The Bertz CT molecular complexity index is 314. The second-order valence-corrected chi connectivity index (χ2v) is 3.54. The van der Waals surface area contributed by atoms with Crippen molar-refractivity contribution in [2.45, 2.75) is 11.8 Å². The molecule has 1 aromatic rings. The average Bonchev–Trinajstić information content (AvgIpc) is 2.16. The minimum Gasteiger partial charge on any atom is -0.427 e. The Morgan fingerprint density at radius 1 is 1.50 bits per heavy atom. The van der Waals surface area contributed by atoms with Crippen LogP contribution < -0.4 is 4.74 Å². The summed E-state index contributed by atoms with van der Waals surface area (Å²) in [6.45, 7) is 2.32. The van der Waals surface area contributed by atoms with Crippen molar-refractivity contribution in [3.63, 3.8) is 0 Å². The lowest BCUT2D eigenvalue weighted by Crippen LogP contribution is -2.01. The van der Waals surface area contributed by atoms with Gasteiger partial charge in [0.25, 0.3) is 0 Å². The number of hydrogen-bond donors (Lipinski definition) is 1. The van der Waals surface area contributed by atoms with Gasteiger partial charge in [0.1, 0.15) is 12.4 Å². The molecule has 1 radical (unpaired) electrons. The fourth-order valence-corrected chi connectivity index (χ4v) is 1.50. The summed E-state index contributed by atoms with van der Waals surface area (Å²) in [5.74, 6) is 0.0804. The number of esters is 1. The molecule has 0 saturated carbocycles. The zero-order chi connectivity index (χ0) is 10.6. The van der Waals surface area contributed by atoms with Crippen LogP contribution in [0.3, 0.4) is 0 Å². The average molecular weight is 211 g/mol. The van der Waals surface area contributed by atoms with Crippen LogP contribution in [0.5, 0.6) is 5.75 Å². The van der Waals surface area contributed by atoms with E-state index < -0.39 is 0 Å². The Balaban J connectivity index is 2.98. The van der Waals surface area contributed by atoms with E-state index in [1.165, 1.54) is 18.7 Å². The molecule has 1 rings (SSSR count). The highest BCUT2D eigenvalue weighted by molar-refractivity contribution is 7.98. The molecule has 0 amide bonds. The van der Waals surface area contributed by atoms with Crippen LogP contribution in [0.2, 0.25) is 0 Å². The van der Waals surface area contributed by atoms with E-state index in [0.717, 1.165) is 11.5 Å². The fraction of sp³-hybridized carbons (Fsp3) is 0.200. The summed E-state index contributed by atoms with van der Waals surface area (Å²) >= 11 is 1.52. The van der Waals surface area contributed by atoms with E-state index in [4.69, 9.17) is 9.84 Å². The standard InChI is InChI=1S/C10H11O3S/c1-7(12)13-9-3-8(6-11)4-10(5-9)14-2/h3-6,11H,1-2H3. The summed E-state index contributed by atoms with van der Waals surface area (Å²) in [5.41, 5.74) is 0.619. The predicted octanol–water partition coefficient (Wildman–Crippen LogP) is 2.22. The van der Waals surface area contributed by atoms with Crippen LogP contribution in [-0.4, -0.2) is 17.3 Å². The highest BCUT2D eigenvalue weighted by Crippen LogP contribution is 2.24. The number of aliphatic hydroxyl groups is 1. The van der Waals surface area contributed by atoms with Crippen LogP contribution in [0.1, 0.15) is 12.5 Å². The van der Waals surface area contributed by atoms with Crippen molar-refractivity contribution in [2.24, 2.45) is 0 Å². The summed E-state index contributed by atoms with van der Waals surface area (Å²) in [6, 6.07) is 5.15. The quantitative estimate of drug-likeness (QED) is 0.473. The summed E-state index contributed by atoms with van der Waals surface area (Å²) in [7, 11) is 0. The molecular weight excluding hydrogens is 200 g/mol. The molecule has 0 bridgehead atoms. The van der Waals surface area contributed by atoms with Crippen LogP contribution in [0.25, 0.3) is 0 Å². The third-order valence-corrected chi connectivity index (χ3v) is 2.26. The fourth-order valence-electron chi connectivity index (χ4n) is 1.01. The molecule has 0 aliphatic rings. The summed E-state index contributed by atoms with van der Waals surface area (Å²) in [4.78, 5) is 11.6. The van der Waals surface area contributed by atoms with E-state index in [1.54, 1.807) is 18.2 Å². The van der Waals surface area contributed by atoms with E-state index in [2.05, 4.69) is 0 Å². The summed E-state index contributed by atoms with van der Waals surface area (Å²) < 4.78 is 4.92. The van der Waals surface area contributed by atoms with Crippen molar-refractivity contribution >= 4 is 17.7 Å². The number of benzene rings is 1. The van der Waals surface area contributed by atoms with Crippen molar-refractivity contribution in [2.75, 3.05) is 6.26 Å². The van der Waals surface area contributed by atoms with Gasteiger partial charge in [0.05, 0.1) is 0 Å². The first-order valence-corrected chi connectivity index (χ1v) is 5.23. The molecule has 3 nitrogen and oxygen atoms in total. The maximum Gasteiger partial charge on any atom is 0.308 e. The number of aliphatic hydroxyl groups excluding tert-OH is 1. The Hall–Kier alpha value is -1.00. The lowest BCUT2D eigenvalue weighted by atomic mass is 10.2. The van der Waals surface area contributed by atoms with Crippen LogP contribution in [-0.2, 0) is 4.79 Å². The van der Waals surface area contributed by atoms with Crippen LogP contribution in [0.15, 0.2) is 23.1 Å². The van der Waals surface area contributed by atoms with Gasteiger partial charge < -0.3 is 9.84 Å². The molecule has 1 aromatic carbocycles. The number of rotatable bonds is 3. The van der Waals surface area contributed by atoms with E-state index in [9.17, 15) is 4.79 Å². The SMILES string of the molecule is CSc1cc([CH]O)cc(OC(C)=O)c1. The van der Waals surface area contributed by atoms with E-state index in [0.29, 0.717) is 11.3 Å². The summed E-state index contributed by atoms with van der Waals surface area (Å²) in [6.07, 6.45) is 1.91. The number of hydrogen-bond acceptors (Lipinski definition) is 4. The Morgan fingerprint density at radius 3 is 2.71 bits per heavy atom.